The SMILES string of the molecule is CNC(=O)Cc1ccsc1CO. The molecule has 0 unspecified atom stereocenters. The van der Waals surface area contributed by atoms with E-state index in [-0.39, 0.29) is 12.5 Å². The highest BCUT2D eigenvalue weighted by Crippen LogP contribution is 2.16. The summed E-state index contributed by atoms with van der Waals surface area (Å²) in [7, 11) is 1.60. The molecule has 0 radical (unpaired) electrons. The van der Waals surface area contributed by atoms with Crippen molar-refractivity contribution in [3.63, 3.8) is 0 Å². The maximum Gasteiger partial charge on any atom is 0.224 e. The zero-order valence-electron chi connectivity index (χ0n) is 6.83. The molecule has 0 spiro atoms. The maximum atomic E-state index is 11.0. The molecule has 4 heteroatoms. The van der Waals surface area contributed by atoms with Crippen LogP contribution in [0.2, 0.25) is 0 Å². The zero-order chi connectivity index (χ0) is 8.97. The molecule has 0 aromatic carbocycles. The highest BCUT2D eigenvalue weighted by atomic mass is 32.1. The van der Waals surface area contributed by atoms with Crippen LogP contribution in [0.4, 0.5) is 0 Å². The Hall–Kier alpha value is -0.870. The first kappa shape index (κ1) is 9.22. The minimum absolute atomic E-state index is 0.0179. The quantitative estimate of drug-likeness (QED) is 0.721. The van der Waals surface area contributed by atoms with Gasteiger partial charge in [0.15, 0.2) is 0 Å². The van der Waals surface area contributed by atoms with E-state index in [1.54, 1.807) is 7.05 Å². The minimum atomic E-state index is -0.0249. The van der Waals surface area contributed by atoms with Crippen LogP contribution in [0.15, 0.2) is 11.4 Å². The molecular formula is C8H11NO2S. The first-order valence-corrected chi connectivity index (χ1v) is 4.52. The molecule has 0 saturated heterocycles. The molecule has 0 fully saturated rings. The van der Waals surface area contributed by atoms with Crippen LogP contribution in [-0.4, -0.2) is 18.1 Å². The van der Waals surface area contributed by atoms with Gasteiger partial charge in [0.05, 0.1) is 13.0 Å². The number of carbonyl (C=O) groups is 1. The van der Waals surface area contributed by atoms with Gasteiger partial charge >= 0.3 is 0 Å². The molecule has 1 rings (SSSR count). The standard InChI is InChI=1S/C8H11NO2S/c1-9-8(11)4-6-2-3-12-7(6)5-10/h2-3,10H,4-5H2,1H3,(H,9,11). The average molecular weight is 185 g/mol. The van der Waals surface area contributed by atoms with Crippen molar-refractivity contribution in [2.75, 3.05) is 7.05 Å². The van der Waals surface area contributed by atoms with Crippen LogP contribution >= 0.6 is 11.3 Å². The predicted octanol–water partition coefficient (Wildman–Crippen LogP) is 0.529. The second-order valence-corrected chi connectivity index (χ2v) is 3.38. The number of aliphatic hydroxyl groups is 1. The van der Waals surface area contributed by atoms with Gasteiger partial charge in [-0.1, -0.05) is 0 Å². The molecule has 0 saturated carbocycles. The van der Waals surface area contributed by atoms with Crippen LogP contribution < -0.4 is 5.32 Å². The van der Waals surface area contributed by atoms with Crippen LogP contribution in [-0.2, 0) is 17.8 Å². The summed E-state index contributed by atoms with van der Waals surface area (Å²) in [5.74, 6) is -0.0249. The van der Waals surface area contributed by atoms with E-state index in [1.165, 1.54) is 11.3 Å². The van der Waals surface area contributed by atoms with Gasteiger partial charge in [-0.3, -0.25) is 4.79 Å². The van der Waals surface area contributed by atoms with E-state index in [0.29, 0.717) is 6.42 Å². The Balaban J connectivity index is 2.68. The van der Waals surface area contributed by atoms with Crippen molar-refractivity contribution in [2.45, 2.75) is 13.0 Å². The number of amides is 1. The molecule has 1 heterocycles. The number of aliphatic hydroxyl groups excluding tert-OH is 1. The van der Waals surface area contributed by atoms with E-state index in [4.69, 9.17) is 5.11 Å². The number of hydrogen-bond donors (Lipinski definition) is 2. The summed E-state index contributed by atoms with van der Waals surface area (Å²) in [6.45, 7) is 0.0179. The first-order valence-electron chi connectivity index (χ1n) is 3.64. The van der Waals surface area contributed by atoms with Gasteiger partial charge in [0.2, 0.25) is 5.91 Å². The third kappa shape index (κ3) is 2.06. The number of hydrogen-bond acceptors (Lipinski definition) is 3. The van der Waals surface area contributed by atoms with Gasteiger partial charge in [0.25, 0.3) is 0 Å². The van der Waals surface area contributed by atoms with Crippen LogP contribution in [0.1, 0.15) is 10.4 Å². The predicted molar refractivity (Wildman–Crippen MR) is 48.0 cm³/mol. The van der Waals surface area contributed by atoms with Gasteiger partial charge in [0.1, 0.15) is 0 Å². The summed E-state index contributed by atoms with van der Waals surface area (Å²) in [4.78, 5) is 11.8. The van der Waals surface area contributed by atoms with Crippen molar-refractivity contribution in [3.8, 4) is 0 Å². The van der Waals surface area contributed by atoms with Crippen molar-refractivity contribution >= 4 is 17.2 Å². The maximum absolute atomic E-state index is 11.0. The van der Waals surface area contributed by atoms with Crippen molar-refractivity contribution in [2.24, 2.45) is 0 Å². The van der Waals surface area contributed by atoms with Crippen molar-refractivity contribution in [1.29, 1.82) is 0 Å². The Morgan fingerprint density at radius 2 is 2.50 bits per heavy atom. The molecule has 12 heavy (non-hydrogen) atoms. The minimum Gasteiger partial charge on any atom is -0.391 e. The zero-order valence-corrected chi connectivity index (χ0v) is 7.65. The summed E-state index contributed by atoms with van der Waals surface area (Å²) in [6.07, 6.45) is 0.357. The summed E-state index contributed by atoms with van der Waals surface area (Å²) >= 11 is 1.47. The lowest BCUT2D eigenvalue weighted by molar-refractivity contribution is -0.119. The Morgan fingerprint density at radius 3 is 3.08 bits per heavy atom. The lowest BCUT2D eigenvalue weighted by atomic mass is 10.2. The molecule has 1 aromatic rings. The van der Waals surface area contributed by atoms with Crippen molar-refractivity contribution in [1.82, 2.24) is 5.32 Å². The topological polar surface area (TPSA) is 49.3 Å². The Bertz CT molecular complexity index is 270. The van der Waals surface area contributed by atoms with E-state index < -0.39 is 0 Å². The second-order valence-electron chi connectivity index (χ2n) is 2.38. The Labute approximate surface area is 75.0 Å². The van der Waals surface area contributed by atoms with Gasteiger partial charge in [-0.25, -0.2) is 0 Å². The summed E-state index contributed by atoms with van der Waals surface area (Å²) in [6, 6.07) is 1.87. The molecule has 1 amide bonds. The van der Waals surface area contributed by atoms with E-state index in [2.05, 4.69) is 5.32 Å². The summed E-state index contributed by atoms with van der Waals surface area (Å²) < 4.78 is 0. The Morgan fingerprint density at radius 1 is 1.75 bits per heavy atom. The molecule has 3 nitrogen and oxygen atoms in total. The molecule has 2 N–H and O–H groups in total. The number of thiophene rings is 1. The fourth-order valence-corrected chi connectivity index (χ4v) is 1.69. The lowest BCUT2D eigenvalue weighted by Gasteiger charge is -1.99. The third-order valence-corrected chi connectivity index (χ3v) is 2.56. The molecular weight excluding hydrogens is 174 g/mol. The number of likely N-dealkylation sites (N-methyl/N-ethyl adjacent to an activating group) is 1. The number of nitrogens with one attached hydrogen (secondary N) is 1. The van der Waals surface area contributed by atoms with E-state index in [0.717, 1.165) is 10.4 Å². The smallest absolute Gasteiger partial charge is 0.224 e. The molecule has 0 aliphatic heterocycles. The molecule has 0 aliphatic carbocycles. The second kappa shape index (κ2) is 4.23. The highest BCUT2D eigenvalue weighted by Gasteiger charge is 2.06. The van der Waals surface area contributed by atoms with Gasteiger partial charge < -0.3 is 10.4 Å². The third-order valence-electron chi connectivity index (χ3n) is 1.61. The van der Waals surface area contributed by atoms with E-state index in [9.17, 15) is 4.79 Å². The van der Waals surface area contributed by atoms with Gasteiger partial charge in [-0.2, -0.15) is 0 Å². The molecule has 0 atom stereocenters. The van der Waals surface area contributed by atoms with Gasteiger partial charge in [-0.15, -0.1) is 11.3 Å². The fraction of sp³-hybridized carbons (Fsp3) is 0.375. The average Bonchev–Trinajstić information content (AvgIpc) is 2.51. The van der Waals surface area contributed by atoms with Crippen molar-refractivity contribution < 1.29 is 9.90 Å². The summed E-state index contributed by atoms with van der Waals surface area (Å²) in [5, 5.41) is 13.3. The molecule has 0 aliphatic rings. The number of rotatable bonds is 3. The van der Waals surface area contributed by atoms with Crippen LogP contribution in [0.3, 0.4) is 0 Å². The first-order chi connectivity index (χ1) is 5.77. The highest BCUT2D eigenvalue weighted by molar-refractivity contribution is 7.10. The molecule has 1 aromatic heterocycles. The van der Waals surface area contributed by atoms with Crippen molar-refractivity contribution in [3.05, 3.63) is 21.9 Å². The van der Waals surface area contributed by atoms with E-state index >= 15 is 0 Å². The Kier molecular flexibility index (Phi) is 3.25. The largest absolute Gasteiger partial charge is 0.391 e. The van der Waals surface area contributed by atoms with Crippen LogP contribution in [0, 0.1) is 0 Å². The number of carbonyl (C=O) groups excluding carboxylic acids is 1. The van der Waals surface area contributed by atoms with E-state index in [1.807, 2.05) is 11.4 Å². The van der Waals surface area contributed by atoms with Crippen LogP contribution in [0.5, 0.6) is 0 Å². The normalized spacial score (nSPS) is 9.83. The fourth-order valence-electron chi connectivity index (χ4n) is 0.925. The summed E-state index contributed by atoms with van der Waals surface area (Å²) in [5.41, 5.74) is 0.918. The lowest BCUT2D eigenvalue weighted by Crippen LogP contribution is -2.20. The molecule has 66 valence electrons. The monoisotopic (exact) mass is 185 g/mol. The van der Waals surface area contributed by atoms with Gasteiger partial charge in [-0.05, 0) is 17.0 Å². The van der Waals surface area contributed by atoms with Crippen LogP contribution in [0.25, 0.3) is 0 Å². The molecule has 0 bridgehead atoms. The van der Waals surface area contributed by atoms with Gasteiger partial charge in [0, 0.05) is 11.9 Å².